The van der Waals surface area contributed by atoms with E-state index in [1.54, 1.807) is 6.92 Å². The number of ketones is 1. The summed E-state index contributed by atoms with van der Waals surface area (Å²) < 4.78 is 0. The van der Waals surface area contributed by atoms with Crippen LogP contribution in [0.2, 0.25) is 0 Å². The summed E-state index contributed by atoms with van der Waals surface area (Å²) in [5.41, 5.74) is 0.703. The van der Waals surface area contributed by atoms with Gasteiger partial charge in [0.2, 0.25) is 0 Å². The second-order valence-corrected chi connectivity index (χ2v) is 2.62. The van der Waals surface area contributed by atoms with E-state index in [9.17, 15) is 4.79 Å². The van der Waals surface area contributed by atoms with Crippen molar-refractivity contribution in [2.75, 3.05) is 19.6 Å². The van der Waals surface area contributed by atoms with Gasteiger partial charge in [0.25, 0.3) is 0 Å². The zero-order chi connectivity index (χ0) is 8.85. The van der Waals surface area contributed by atoms with E-state index < -0.39 is 0 Å². The predicted molar refractivity (Wildman–Crippen MR) is 47.6 cm³/mol. The smallest absolute Gasteiger partial charge is 0.156 e. The van der Waals surface area contributed by atoms with E-state index in [1.807, 2.05) is 0 Å². The Morgan fingerprint density at radius 3 is 2.09 bits per heavy atom. The highest BCUT2D eigenvalue weighted by molar-refractivity contribution is 5.92. The van der Waals surface area contributed by atoms with Crippen molar-refractivity contribution in [3.63, 3.8) is 0 Å². The monoisotopic (exact) mass is 155 g/mol. The molecule has 0 N–H and O–H groups in total. The van der Waals surface area contributed by atoms with Crippen LogP contribution in [0.5, 0.6) is 0 Å². The predicted octanol–water partition coefficient (Wildman–Crippen LogP) is 1.47. The molecule has 0 aromatic rings. The molecule has 0 saturated heterocycles. The third-order valence-corrected chi connectivity index (χ3v) is 1.81. The van der Waals surface area contributed by atoms with E-state index in [0.717, 1.165) is 13.1 Å². The molecule has 0 aliphatic heterocycles. The quantitative estimate of drug-likeness (QED) is 0.560. The van der Waals surface area contributed by atoms with Crippen LogP contribution >= 0.6 is 0 Å². The van der Waals surface area contributed by atoms with Crippen LogP contribution in [0.15, 0.2) is 12.2 Å². The lowest BCUT2D eigenvalue weighted by Crippen LogP contribution is -2.26. The van der Waals surface area contributed by atoms with Crippen molar-refractivity contribution < 1.29 is 4.79 Å². The first-order valence-electron chi connectivity index (χ1n) is 4.02. The van der Waals surface area contributed by atoms with E-state index in [-0.39, 0.29) is 5.78 Å². The molecule has 0 aromatic carbocycles. The number of nitrogens with zero attached hydrogens (tertiary/aromatic N) is 1. The standard InChI is InChI=1S/C9H17NO/c1-5-10(6-2)7-8(3)9(4)11/h3,5-7H2,1-2,4H3. The zero-order valence-electron chi connectivity index (χ0n) is 7.68. The Bertz CT molecular complexity index is 148. The summed E-state index contributed by atoms with van der Waals surface area (Å²) in [6.45, 7) is 12.1. The molecule has 0 aliphatic rings. The summed E-state index contributed by atoms with van der Waals surface area (Å²) in [5.74, 6) is 0.0944. The first kappa shape index (κ1) is 10.4. The van der Waals surface area contributed by atoms with Gasteiger partial charge >= 0.3 is 0 Å². The highest BCUT2D eigenvalue weighted by Gasteiger charge is 2.04. The number of carbonyl (C=O) groups excluding carboxylic acids is 1. The largest absolute Gasteiger partial charge is 0.300 e. The zero-order valence-corrected chi connectivity index (χ0v) is 7.68. The van der Waals surface area contributed by atoms with Crippen molar-refractivity contribution in [3.05, 3.63) is 12.2 Å². The van der Waals surface area contributed by atoms with Crippen LogP contribution in [-0.2, 0) is 4.79 Å². The first-order chi connectivity index (χ1) is 5.11. The average Bonchev–Trinajstić information content (AvgIpc) is 1.99. The van der Waals surface area contributed by atoms with Crippen LogP contribution in [0.3, 0.4) is 0 Å². The minimum Gasteiger partial charge on any atom is -0.300 e. The number of likely N-dealkylation sites (N-methyl/N-ethyl adjacent to an activating group) is 1. The fraction of sp³-hybridized carbons (Fsp3) is 0.667. The molecular formula is C9H17NO. The third-order valence-electron chi connectivity index (χ3n) is 1.81. The van der Waals surface area contributed by atoms with Gasteiger partial charge in [-0.25, -0.2) is 0 Å². The SMILES string of the molecule is C=C(CN(CC)CC)C(C)=O. The van der Waals surface area contributed by atoms with Crippen molar-refractivity contribution in [1.82, 2.24) is 4.90 Å². The summed E-state index contributed by atoms with van der Waals surface area (Å²) in [7, 11) is 0. The number of Topliss-reactive ketones (excluding diaryl/α,β-unsaturated/α-hetero) is 1. The van der Waals surface area contributed by atoms with Gasteiger partial charge in [0.1, 0.15) is 0 Å². The summed E-state index contributed by atoms with van der Waals surface area (Å²) in [6.07, 6.45) is 0. The second kappa shape index (κ2) is 5.08. The Morgan fingerprint density at radius 1 is 1.36 bits per heavy atom. The van der Waals surface area contributed by atoms with Crippen molar-refractivity contribution in [1.29, 1.82) is 0 Å². The van der Waals surface area contributed by atoms with Gasteiger partial charge in [-0.3, -0.25) is 9.69 Å². The second-order valence-electron chi connectivity index (χ2n) is 2.62. The van der Waals surface area contributed by atoms with Crippen LogP contribution in [0.1, 0.15) is 20.8 Å². The normalized spacial score (nSPS) is 10.2. The van der Waals surface area contributed by atoms with Crippen molar-refractivity contribution in [2.24, 2.45) is 0 Å². The summed E-state index contributed by atoms with van der Waals surface area (Å²) in [4.78, 5) is 13.0. The molecule has 0 unspecified atom stereocenters. The Kier molecular flexibility index (Phi) is 4.79. The molecule has 0 saturated carbocycles. The topological polar surface area (TPSA) is 20.3 Å². The summed E-state index contributed by atoms with van der Waals surface area (Å²) in [5, 5.41) is 0. The number of carbonyl (C=O) groups is 1. The van der Waals surface area contributed by atoms with Crippen molar-refractivity contribution in [2.45, 2.75) is 20.8 Å². The molecule has 0 spiro atoms. The fourth-order valence-electron chi connectivity index (χ4n) is 0.828. The van der Waals surface area contributed by atoms with Gasteiger partial charge in [-0.05, 0) is 20.0 Å². The lowest BCUT2D eigenvalue weighted by molar-refractivity contribution is -0.113. The van der Waals surface area contributed by atoms with E-state index >= 15 is 0 Å². The van der Waals surface area contributed by atoms with Gasteiger partial charge in [0, 0.05) is 12.1 Å². The maximum Gasteiger partial charge on any atom is 0.156 e. The minimum atomic E-state index is 0.0944. The van der Waals surface area contributed by atoms with Crippen molar-refractivity contribution >= 4 is 5.78 Å². The minimum absolute atomic E-state index is 0.0944. The van der Waals surface area contributed by atoms with Gasteiger partial charge in [0.15, 0.2) is 5.78 Å². The van der Waals surface area contributed by atoms with Crippen LogP contribution in [0.4, 0.5) is 0 Å². The molecule has 2 heteroatoms. The molecule has 0 heterocycles. The van der Waals surface area contributed by atoms with E-state index in [0.29, 0.717) is 12.1 Å². The molecule has 0 fully saturated rings. The van der Waals surface area contributed by atoms with Crippen LogP contribution < -0.4 is 0 Å². The Hall–Kier alpha value is -0.630. The molecule has 0 bridgehead atoms. The van der Waals surface area contributed by atoms with Crippen LogP contribution in [0, 0.1) is 0 Å². The van der Waals surface area contributed by atoms with E-state index in [4.69, 9.17) is 0 Å². The molecule has 0 rings (SSSR count). The van der Waals surface area contributed by atoms with E-state index in [2.05, 4.69) is 25.3 Å². The van der Waals surface area contributed by atoms with Gasteiger partial charge in [-0.1, -0.05) is 20.4 Å². The van der Waals surface area contributed by atoms with Gasteiger partial charge < -0.3 is 0 Å². The molecule has 64 valence electrons. The molecule has 0 amide bonds. The van der Waals surface area contributed by atoms with E-state index in [1.165, 1.54) is 0 Å². The van der Waals surface area contributed by atoms with Crippen molar-refractivity contribution in [3.8, 4) is 0 Å². The molecule has 2 nitrogen and oxygen atoms in total. The molecule has 0 aromatic heterocycles. The van der Waals surface area contributed by atoms with Crippen LogP contribution in [-0.4, -0.2) is 30.3 Å². The maximum atomic E-state index is 10.8. The Labute approximate surface area is 68.9 Å². The highest BCUT2D eigenvalue weighted by atomic mass is 16.1. The Morgan fingerprint density at radius 2 is 1.82 bits per heavy atom. The molecule has 0 atom stereocenters. The molecule has 0 aliphatic carbocycles. The third kappa shape index (κ3) is 3.94. The number of hydrogen-bond donors (Lipinski definition) is 0. The summed E-state index contributed by atoms with van der Waals surface area (Å²) in [6, 6.07) is 0. The number of rotatable bonds is 5. The maximum absolute atomic E-state index is 10.8. The highest BCUT2D eigenvalue weighted by Crippen LogP contribution is 1.96. The van der Waals surface area contributed by atoms with Gasteiger partial charge in [-0.15, -0.1) is 0 Å². The molecule has 0 radical (unpaired) electrons. The first-order valence-corrected chi connectivity index (χ1v) is 4.02. The van der Waals surface area contributed by atoms with Crippen LogP contribution in [0.25, 0.3) is 0 Å². The number of hydrogen-bond acceptors (Lipinski definition) is 2. The lowest BCUT2D eigenvalue weighted by atomic mass is 10.2. The Balaban J connectivity index is 3.81. The molecular weight excluding hydrogens is 138 g/mol. The summed E-state index contributed by atoms with van der Waals surface area (Å²) >= 11 is 0. The fourth-order valence-corrected chi connectivity index (χ4v) is 0.828. The average molecular weight is 155 g/mol. The van der Waals surface area contributed by atoms with Gasteiger partial charge in [0.05, 0.1) is 0 Å². The van der Waals surface area contributed by atoms with Gasteiger partial charge in [-0.2, -0.15) is 0 Å². The lowest BCUT2D eigenvalue weighted by Gasteiger charge is -2.17. The molecule has 11 heavy (non-hydrogen) atoms.